The van der Waals surface area contributed by atoms with Gasteiger partial charge in [0.05, 0.1) is 5.54 Å². The Morgan fingerprint density at radius 2 is 1.58 bits per heavy atom. The maximum absolute atomic E-state index is 12.4. The topological polar surface area (TPSA) is 55.1 Å². The molecular formula is C15H31ClN2O. The molecule has 1 fully saturated rings. The Balaban J connectivity index is 0.00000324. The third-order valence-corrected chi connectivity index (χ3v) is 4.61. The zero-order chi connectivity index (χ0) is 13.4. The third kappa shape index (κ3) is 5.70. The number of hydrogen-bond acceptors (Lipinski definition) is 2. The molecule has 0 saturated heterocycles. The van der Waals surface area contributed by atoms with Crippen molar-refractivity contribution < 1.29 is 4.79 Å². The average molecular weight is 291 g/mol. The van der Waals surface area contributed by atoms with Gasteiger partial charge >= 0.3 is 0 Å². The van der Waals surface area contributed by atoms with Gasteiger partial charge in [-0.15, -0.1) is 12.4 Å². The van der Waals surface area contributed by atoms with Crippen LogP contribution >= 0.6 is 12.4 Å². The Kier molecular flexibility index (Phi) is 9.46. The Morgan fingerprint density at radius 1 is 1.11 bits per heavy atom. The van der Waals surface area contributed by atoms with Crippen molar-refractivity contribution in [2.24, 2.45) is 11.7 Å². The molecule has 1 rings (SSSR count). The lowest BCUT2D eigenvalue weighted by Crippen LogP contribution is -2.54. The van der Waals surface area contributed by atoms with Crippen LogP contribution in [0.25, 0.3) is 0 Å². The number of carbonyl (C=O) groups is 1. The van der Waals surface area contributed by atoms with Crippen molar-refractivity contribution in [2.75, 3.05) is 6.54 Å². The van der Waals surface area contributed by atoms with Gasteiger partial charge in [0.1, 0.15) is 0 Å². The van der Waals surface area contributed by atoms with Gasteiger partial charge in [-0.3, -0.25) is 4.79 Å². The summed E-state index contributed by atoms with van der Waals surface area (Å²) in [6.45, 7) is 4.75. The molecule has 1 aliphatic carbocycles. The molecule has 1 aliphatic rings. The van der Waals surface area contributed by atoms with Crippen LogP contribution in [-0.2, 0) is 4.79 Å². The van der Waals surface area contributed by atoms with Gasteiger partial charge in [-0.05, 0) is 25.7 Å². The van der Waals surface area contributed by atoms with Crippen LogP contribution in [0.4, 0.5) is 0 Å². The van der Waals surface area contributed by atoms with E-state index in [4.69, 9.17) is 5.73 Å². The predicted octanol–water partition coefficient (Wildman–Crippen LogP) is 3.40. The summed E-state index contributed by atoms with van der Waals surface area (Å²) in [5.74, 6) is 0.459. The van der Waals surface area contributed by atoms with E-state index in [1.54, 1.807) is 0 Å². The molecule has 19 heavy (non-hydrogen) atoms. The molecule has 0 heterocycles. The highest BCUT2D eigenvalue weighted by Crippen LogP contribution is 2.24. The first kappa shape index (κ1) is 18.7. The number of nitrogens with one attached hydrogen (secondary N) is 1. The van der Waals surface area contributed by atoms with E-state index in [0.29, 0.717) is 6.54 Å². The van der Waals surface area contributed by atoms with E-state index in [-0.39, 0.29) is 29.8 Å². The first-order valence-corrected chi connectivity index (χ1v) is 7.69. The molecule has 1 saturated carbocycles. The summed E-state index contributed by atoms with van der Waals surface area (Å²) in [7, 11) is 0. The van der Waals surface area contributed by atoms with Crippen molar-refractivity contribution >= 4 is 18.3 Å². The van der Waals surface area contributed by atoms with Gasteiger partial charge in [-0.1, -0.05) is 46.0 Å². The molecule has 0 spiro atoms. The van der Waals surface area contributed by atoms with Gasteiger partial charge in [0.25, 0.3) is 0 Å². The fourth-order valence-corrected chi connectivity index (χ4v) is 2.85. The summed E-state index contributed by atoms with van der Waals surface area (Å²) in [6, 6.07) is 0. The number of hydrogen-bond donors (Lipinski definition) is 2. The van der Waals surface area contributed by atoms with Crippen molar-refractivity contribution in [1.82, 2.24) is 5.32 Å². The summed E-state index contributed by atoms with van der Waals surface area (Å²) in [5, 5.41) is 3.23. The minimum absolute atomic E-state index is 0. The van der Waals surface area contributed by atoms with Crippen LogP contribution in [-0.4, -0.2) is 18.0 Å². The zero-order valence-corrected chi connectivity index (χ0v) is 13.4. The lowest BCUT2D eigenvalue weighted by Gasteiger charge is -2.33. The van der Waals surface area contributed by atoms with E-state index in [0.717, 1.165) is 25.7 Å². The van der Waals surface area contributed by atoms with Crippen LogP contribution in [0, 0.1) is 5.92 Å². The quantitative estimate of drug-likeness (QED) is 0.815. The van der Waals surface area contributed by atoms with Crippen molar-refractivity contribution in [2.45, 2.75) is 77.2 Å². The molecule has 0 bridgehead atoms. The number of carbonyl (C=O) groups excluding carboxylic acids is 1. The van der Waals surface area contributed by atoms with Crippen molar-refractivity contribution in [3.05, 3.63) is 0 Å². The van der Waals surface area contributed by atoms with E-state index in [9.17, 15) is 4.79 Å². The highest BCUT2D eigenvalue weighted by Gasteiger charge is 2.29. The molecule has 0 aromatic carbocycles. The second kappa shape index (κ2) is 9.60. The SMILES string of the molecule is CCC(CC)(CN)NC(=O)C1CCCCCCC1.Cl. The highest BCUT2D eigenvalue weighted by atomic mass is 35.5. The summed E-state index contributed by atoms with van der Waals surface area (Å²) < 4.78 is 0. The smallest absolute Gasteiger partial charge is 0.223 e. The summed E-state index contributed by atoms with van der Waals surface area (Å²) in [5.41, 5.74) is 5.67. The Morgan fingerprint density at radius 3 is 2.00 bits per heavy atom. The van der Waals surface area contributed by atoms with Crippen molar-refractivity contribution in [3.8, 4) is 0 Å². The average Bonchev–Trinajstić information content (AvgIpc) is 2.35. The minimum Gasteiger partial charge on any atom is -0.349 e. The van der Waals surface area contributed by atoms with Crippen LogP contribution in [0.1, 0.15) is 71.6 Å². The van der Waals surface area contributed by atoms with Crippen LogP contribution < -0.4 is 11.1 Å². The fourth-order valence-electron chi connectivity index (χ4n) is 2.85. The van der Waals surface area contributed by atoms with Crippen molar-refractivity contribution in [1.29, 1.82) is 0 Å². The maximum atomic E-state index is 12.4. The molecule has 0 unspecified atom stereocenters. The first-order valence-electron chi connectivity index (χ1n) is 7.69. The van der Waals surface area contributed by atoms with E-state index < -0.39 is 0 Å². The maximum Gasteiger partial charge on any atom is 0.223 e. The second-order valence-corrected chi connectivity index (χ2v) is 5.72. The molecule has 4 heteroatoms. The largest absolute Gasteiger partial charge is 0.349 e. The minimum atomic E-state index is -0.181. The predicted molar refractivity (Wildman–Crippen MR) is 83.6 cm³/mol. The Hall–Kier alpha value is -0.280. The molecule has 0 aliphatic heterocycles. The monoisotopic (exact) mass is 290 g/mol. The summed E-state index contributed by atoms with van der Waals surface area (Å²) in [4.78, 5) is 12.4. The van der Waals surface area contributed by atoms with Crippen molar-refractivity contribution in [3.63, 3.8) is 0 Å². The van der Waals surface area contributed by atoms with Gasteiger partial charge in [-0.2, -0.15) is 0 Å². The van der Waals surface area contributed by atoms with Gasteiger partial charge in [0.15, 0.2) is 0 Å². The lowest BCUT2D eigenvalue weighted by atomic mass is 9.87. The molecule has 0 atom stereocenters. The molecule has 3 N–H and O–H groups in total. The molecule has 114 valence electrons. The Bertz CT molecular complexity index is 238. The Labute approximate surface area is 124 Å². The molecule has 3 nitrogen and oxygen atoms in total. The number of nitrogens with two attached hydrogens (primary N) is 1. The molecule has 0 radical (unpaired) electrons. The number of rotatable bonds is 5. The van der Waals surface area contributed by atoms with Gasteiger partial charge in [0.2, 0.25) is 5.91 Å². The molecule has 1 amide bonds. The van der Waals surface area contributed by atoms with Gasteiger partial charge in [0, 0.05) is 12.5 Å². The molecular weight excluding hydrogens is 260 g/mol. The number of amides is 1. The third-order valence-electron chi connectivity index (χ3n) is 4.61. The van der Waals surface area contributed by atoms with Crippen LogP contribution in [0.2, 0.25) is 0 Å². The van der Waals surface area contributed by atoms with Crippen LogP contribution in [0.3, 0.4) is 0 Å². The standard InChI is InChI=1S/C15H30N2O.ClH/c1-3-15(4-2,12-16)17-14(18)13-10-8-6-5-7-9-11-13;/h13H,3-12,16H2,1-2H3,(H,17,18);1H. The first-order chi connectivity index (χ1) is 8.67. The fraction of sp³-hybridized carbons (Fsp3) is 0.933. The molecule has 0 aromatic heterocycles. The second-order valence-electron chi connectivity index (χ2n) is 5.72. The summed E-state index contributed by atoms with van der Waals surface area (Å²) in [6.07, 6.45) is 10.3. The van der Waals surface area contributed by atoms with Crippen LogP contribution in [0.15, 0.2) is 0 Å². The zero-order valence-electron chi connectivity index (χ0n) is 12.5. The van der Waals surface area contributed by atoms with E-state index >= 15 is 0 Å². The normalized spacial score (nSPS) is 18.1. The van der Waals surface area contributed by atoms with Gasteiger partial charge in [-0.25, -0.2) is 0 Å². The van der Waals surface area contributed by atoms with E-state index in [1.807, 2.05) is 0 Å². The van der Waals surface area contributed by atoms with Gasteiger partial charge < -0.3 is 11.1 Å². The van der Waals surface area contributed by atoms with Crippen LogP contribution in [0.5, 0.6) is 0 Å². The highest BCUT2D eigenvalue weighted by molar-refractivity contribution is 5.85. The van der Waals surface area contributed by atoms with E-state index in [2.05, 4.69) is 19.2 Å². The molecule has 0 aromatic rings. The van der Waals surface area contributed by atoms with E-state index in [1.165, 1.54) is 32.1 Å². The number of halogens is 1. The lowest BCUT2D eigenvalue weighted by molar-refractivity contribution is -0.127. The summed E-state index contributed by atoms with van der Waals surface area (Å²) >= 11 is 0.